The minimum Gasteiger partial charge on any atom is -0.455 e. The van der Waals surface area contributed by atoms with Gasteiger partial charge in [0, 0.05) is 11.4 Å². The fourth-order valence-electron chi connectivity index (χ4n) is 5.00. The zero-order valence-electron chi connectivity index (χ0n) is 28.0. The first kappa shape index (κ1) is 35.3. The lowest BCUT2D eigenvalue weighted by molar-refractivity contribution is -0.127. The molecule has 0 saturated carbocycles. The highest BCUT2D eigenvalue weighted by Gasteiger charge is 2.25. The Morgan fingerprint density at radius 1 is 0.585 bits per heavy atom. The van der Waals surface area contributed by atoms with Crippen LogP contribution < -0.4 is 31.5 Å². The van der Waals surface area contributed by atoms with Gasteiger partial charge in [-0.1, -0.05) is 24.3 Å². The predicted molar refractivity (Wildman–Crippen MR) is 192 cm³/mol. The summed E-state index contributed by atoms with van der Waals surface area (Å²) in [5, 5.41) is 21.4. The molecule has 0 aliphatic carbocycles. The standard InChI is InChI=1S/C35H30N10O8/c1-18(46)30(32(48)36-20-11-13-22-26(15-20)40-34(50)38-22)44-42-24-7-3-5-9-28(24)52-17-53-29-10-6-4-8-25(29)43-45-31(19(2)47)33(49)37-21-12-14-23-27(16-21)41-35(51)39-23/h3-16,30-31H,17H2,1-2H3,(H,36,48)(H,37,49)(H2,38,40,50)(H2,39,41,51). The number of benzene rings is 4. The third-order valence-electron chi connectivity index (χ3n) is 7.56. The first-order chi connectivity index (χ1) is 25.5. The molecule has 2 atom stereocenters. The number of aromatic nitrogens is 4. The Bertz CT molecular complexity index is 2360. The van der Waals surface area contributed by atoms with Crippen LogP contribution in [-0.4, -0.2) is 62.2 Å². The number of H-pyrrole nitrogens is 4. The number of fused-ring (bicyclic) bond motifs is 2. The predicted octanol–water partition coefficient (Wildman–Crippen LogP) is 4.80. The minimum atomic E-state index is -1.48. The molecule has 268 valence electrons. The molecule has 0 saturated heterocycles. The number of para-hydroxylation sites is 2. The van der Waals surface area contributed by atoms with Crippen molar-refractivity contribution in [1.82, 2.24) is 19.9 Å². The van der Waals surface area contributed by atoms with Gasteiger partial charge < -0.3 is 40.0 Å². The molecule has 0 spiro atoms. The Kier molecular flexibility index (Phi) is 10.4. The summed E-state index contributed by atoms with van der Waals surface area (Å²) in [6.45, 7) is 2.07. The van der Waals surface area contributed by atoms with E-state index in [-0.39, 0.29) is 29.7 Å². The average Bonchev–Trinajstić information content (AvgIpc) is 3.68. The third kappa shape index (κ3) is 8.63. The van der Waals surface area contributed by atoms with E-state index in [0.717, 1.165) is 0 Å². The van der Waals surface area contributed by atoms with Crippen LogP contribution in [0.1, 0.15) is 13.8 Å². The molecule has 18 heteroatoms. The number of amides is 2. The van der Waals surface area contributed by atoms with E-state index in [1.165, 1.54) is 13.8 Å². The average molecular weight is 719 g/mol. The molecule has 2 unspecified atom stereocenters. The maximum absolute atomic E-state index is 13.0. The Hall–Kier alpha value is -7.50. The topological polar surface area (TPSA) is 258 Å². The van der Waals surface area contributed by atoms with E-state index in [2.05, 4.69) is 51.0 Å². The molecule has 0 bridgehead atoms. The van der Waals surface area contributed by atoms with E-state index in [0.29, 0.717) is 33.4 Å². The van der Waals surface area contributed by atoms with Gasteiger partial charge in [0.05, 0.1) is 22.1 Å². The molecule has 2 heterocycles. The van der Waals surface area contributed by atoms with Crippen LogP contribution in [0.15, 0.2) is 115 Å². The number of anilines is 2. The number of hydrogen-bond donors (Lipinski definition) is 6. The minimum absolute atomic E-state index is 0.201. The molecule has 2 aromatic heterocycles. The van der Waals surface area contributed by atoms with Gasteiger partial charge in [-0.25, -0.2) is 9.59 Å². The summed E-state index contributed by atoms with van der Waals surface area (Å²) in [5.74, 6) is -2.15. The fraction of sp³-hybridized carbons (Fsp3) is 0.143. The van der Waals surface area contributed by atoms with Crippen LogP contribution in [0.5, 0.6) is 11.5 Å². The van der Waals surface area contributed by atoms with Gasteiger partial charge in [-0.15, -0.1) is 0 Å². The van der Waals surface area contributed by atoms with Crippen molar-refractivity contribution < 1.29 is 28.7 Å². The summed E-state index contributed by atoms with van der Waals surface area (Å²) in [5.41, 5.74) is 2.32. The molecule has 4 aromatic carbocycles. The van der Waals surface area contributed by atoms with Gasteiger partial charge in [-0.2, -0.15) is 20.5 Å². The van der Waals surface area contributed by atoms with Gasteiger partial charge in [-0.3, -0.25) is 19.2 Å². The Morgan fingerprint density at radius 3 is 1.40 bits per heavy atom. The summed E-state index contributed by atoms with van der Waals surface area (Å²) in [7, 11) is 0. The highest BCUT2D eigenvalue weighted by atomic mass is 16.7. The number of hydrogen-bond acceptors (Lipinski definition) is 12. The van der Waals surface area contributed by atoms with Crippen molar-refractivity contribution in [1.29, 1.82) is 0 Å². The van der Waals surface area contributed by atoms with E-state index >= 15 is 0 Å². The number of carbonyl (C=O) groups is 4. The summed E-state index contributed by atoms with van der Waals surface area (Å²) in [4.78, 5) is 84.2. The SMILES string of the molecule is CC(=O)C(N=Nc1ccccc1OCOc1ccccc1N=NC(C(C)=O)C(=O)Nc1ccc2[nH]c(=O)[nH]c2c1)C(=O)Nc1ccc2[nH]c(=O)[nH]c2c1. The highest BCUT2D eigenvalue weighted by Crippen LogP contribution is 2.30. The lowest BCUT2D eigenvalue weighted by atomic mass is 10.2. The maximum atomic E-state index is 13.0. The normalized spacial score (nSPS) is 12.6. The molecule has 0 aliphatic heterocycles. The largest absolute Gasteiger partial charge is 0.455 e. The van der Waals surface area contributed by atoms with E-state index in [4.69, 9.17) is 9.47 Å². The molecule has 6 rings (SSSR count). The zero-order chi connectivity index (χ0) is 37.5. The molecule has 2 amide bonds. The van der Waals surface area contributed by atoms with Gasteiger partial charge in [-0.05, 0) is 74.5 Å². The number of azo groups is 2. The number of nitrogens with one attached hydrogen (secondary N) is 6. The first-order valence-corrected chi connectivity index (χ1v) is 15.9. The van der Waals surface area contributed by atoms with Crippen LogP contribution >= 0.6 is 0 Å². The van der Waals surface area contributed by atoms with E-state index in [1.807, 2.05) is 0 Å². The second kappa shape index (κ2) is 15.6. The molecule has 6 N–H and O–H groups in total. The number of ether oxygens (including phenoxy) is 2. The summed E-state index contributed by atoms with van der Waals surface area (Å²) >= 11 is 0. The molecule has 18 nitrogen and oxygen atoms in total. The lowest BCUT2D eigenvalue weighted by Crippen LogP contribution is -2.31. The van der Waals surface area contributed by atoms with Gasteiger partial charge in [0.15, 0.2) is 23.1 Å². The molecule has 0 fully saturated rings. The highest BCUT2D eigenvalue weighted by molar-refractivity contribution is 6.11. The third-order valence-corrected chi connectivity index (χ3v) is 7.56. The number of rotatable bonds is 14. The number of ketones is 2. The van der Waals surface area contributed by atoms with E-state index in [1.54, 1.807) is 84.9 Å². The van der Waals surface area contributed by atoms with Crippen molar-refractivity contribution in [2.45, 2.75) is 25.9 Å². The van der Waals surface area contributed by atoms with Crippen LogP contribution in [0, 0.1) is 0 Å². The fourth-order valence-corrected chi connectivity index (χ4v) is 5.00. The van der Waals surface area contributed by atoms with Crippen LogP contribution in [-0.2, 0) is 19.2 Å². The molecule has 53 heavy (non-hydrogen) atoms. The van der Waals surface area contributed by atoms with Crippen molar-refractivity contribution in [2.75, 3.05) is 17.4 Å². The van der Waals surface area contributed by atoms with Gasteiger partial charge in [0.2, 0.25) is 18.9 Å². The van der Waals surface area contributed by atoms with Crippen LogP contribution in [0.3, 0.4) is 0 Å². The summed E-state index contributed by atoms with van der Waals surface area (Å²) < 4.78 is 11.6. The van der Waals surface area contributed by atoms with Gasteiger partial charge in [0.25, 0.3) is 11.8 Å². The number of aromatic amines is 4. The molecular weight excluding hydrogens is 688 g/mol. The van der Waals surface area contributed by atoms with Crippen molar-refractivity contribution >= 4 is 68.2 Å². The number of nitrogens with zero attached hydrogens (tertiary/aromatic N) is 4. The Labute approximate surface area is 297 Å². The van der Waals surface area contributed by atoms with E-state index < -0.39 is 46.8 Å². The smallest absolute Gasteiger partial charge is 0.323 e. The number of imidazole rings is 2. The van der Waals surface area contributed by atoms with Gasteiger partial charge >= 0.3 is 11.4 Å². The van der Waals surface area contributed by atoms with Crippen LogP contribution in [0.4, 0.5) is 22.7 Å². The molecule has 6 aromatic rings. The van der Waals surface area contributed by atoms with Crippen molar-refractivity contribution in [2.24, 2.45) is 20.5 Å². The zero-order valence-corrected chi connectivity index (χ0v) is 28.0. The summed E-state index contributed by atoms with van der Waals surface area (Å²) in [6.07, 6.45) is 0. The first-order valence-electron chi connectivity index (χ1n) is 15.9. The van der Waals surface area contributed by atoms with Crippen LogP contribution in [0.25, 0.3) is 22.1 Å². The monoisotopic (exact) mass is 718 g/mol. The second-order valence-corrected chi connectivity index (χ2v) is 11.5. The maximum Gasteiger partial charge on any atom is 0.323 e. The Morgan fingerprint density at radius 2 is 0.981 bits per heavy atom. The number of carbonyl (C=O) groups excluding carboxylic acids is 4. The quantitative estimate of drug-likeness (QED) is 0.0516. The van der Waals surface area contributed by atoms with E-state index in [9.17, 15) is 28.8 Å². The van der Waals surface area contributed by atoms with Crippen molar-refractivity contribution in [3.8, 4) is 11.5 Å². The molecule has 0 aliphatic rings. The Balaban J connectivity index is 1.09. The van der Waals surface area contributed by atoms with Gasteiger partial charge in [0.1, 0.15) is 11.4 Å². The summed E-state index contributed by atoms with van der Waals surface area (Å²) in [6, 6.07) is 19.4. The molecular formula is C35H30N10O8. The lowest BCUT2D eigenvalue weighted by Gasteiger charge is -2.12. The molecule has 0 radical (unpaired) electrons. The number of Topliss-reactive ketones (excluding diaryl/α,β-unsaturated/α-hetero) is 2. The van der Waals surface area contributed by atoms with Crippen molar-refractivity contribution in [3.63, 3.8) is 0 Å². The van der Waals surface area contributed by atoms with Crippen LogP contribution in [0.2, 0.25) is 0 Å². The second-order valence-electron chi connectivity index (χ2n) is 11.5. The van der Waals surface area contributed by atoms with Crippen molar-refractivity contribution in [3.05, 3.63) is 106 Å².